The summed E-state index contributed by atoms with van der Waals surface area (Å²) in [6.45, 7) is 0.996. The fourth-order valence-electron chi connectivity index (χ4n) is 1.46. The monoisotopic (exact) mass is 291 g/mol. The van der Waals surface area contributed by atoms with Gasteiger partial charge in [0.05, 0.1) is 16.0 Å². The van der Waals surface area contributed by atoms with E-state index in [0.29, 0.717) is 13.1 Å². The van der Waals surface area contributed by atoms with Gasteiger partial charge in [0, 0.05) is 19.3 Å². The molecule has 5 nitrogen and oxygen atoms in total. The Morgan fingerprint density at radius 2 is 2.00 bits per heavy atom. The van der Waals surface area contributed by atoms with Crippen LogP contribution in [-0.2, 0) is 9.84 Å². The Labute approximate surface area is 96.6 Å². The first-order valence-electron chi connectivity index (χ1n) is 4.49. The summed E-state index contributed by atoms with van der Waals surface area (Å²) in [5, 5.41) is 0. The Kier molecular flexibility index (Phi) is 2.92. The van der Waals surface area contributed by atoms with Gasteiger partial charge in [0.25, 0.3) is 0 Å². The lowest BCUT2D eigenvalue weighted by atomic mass is 10.4. The van der Waals surface area contributed by atoms with Gasteiger partial charge in [0.2, 0.25) is 0 Å². The van der Waals surface area contributed by atoms with E-state index in [1.807, 2.05) is 4.90 Å². The molecule has 1 aliphatic heterocycles. The van der Waals surface area contributed by atoms with Crippen LogP contribution in [0.25, 0.3) is 0 Å². The summed E-state index contributed by atoms with van der Waals surface area (Å²) in [6, 6.07) is 0. The summed E-state index contributed by atoms with van der Waals surface area (Å²) in [5.41, 5.74) is 0. The second-order valence-electron chi connectivity index (χ2n) is 3.33. The fraction of sp³-hybridized carbons (Fsp3) is 0.500. The van der Waals surface area contributed by atoms with Gasteiger partial charge in [-0.2, -0.15) is 0 Å². The standard InChI is InChI=1S/C8H10BrN3O2S/c9-7-5-10-6-11-8(7)12-1-3-15(13,14)4-2-12/h5-6H,1-4H2. The Morgan fingerprint density at radius 1 is 1.33 bits per heavy atom. The van der Waals surface area contributed by atoms with E-state index in [0.717, 1.165) is 10.3 Å². The van der Waals surface area contributed by atoms with E-state index >= 15 is 0 Å². The van der Waals surface area contributed by atoms with Crippen molar-refractivity contribution in [1.82, 2.24) is 9.97 Å². The van der Waals surface area contributed by atoms with Crippen LogP contribution in [0.2, 0.25) is 0 Å². The highest BCUT2D eigenvalue weighted by Crippen LogP contribution is 2.23. The lowest BCUT2D eigenvalue weighted by Gasteiger charge is -2.28. The summed E-state index contributed by atoms with van der Waals surface area (Å²) in [6.07, 6.45) is 3.12. The van der Waals surface area contributed by atoms with Crippen molar-refractivity contribution < 1.29 is 8.42 Å². The van der Waals surface area contributed by atoms with Crippen LogP contribution >= 0.6 is 15.9 Å². The molecule has 1 aromatic rings. The van der Waals surface area contributed by atoms with Crippen molar-refractivity contribution in [2.45, 2.75) is 0 Å². The molecule has 7 heteroatoms. The van der Waals surface area contributed by atoms with Crippen LogP contribution in [0.3, 0.4) is 0 Å². The molecular formula is C8H10BrN3O2S. The Bertz CT molecular complexity index is 449. The van der Waals surface area contributed by atoms with Crippen LogP contribution in [0.4, 0.5) is 5.82 Å². The number of hydrogen-bond acceptors (Lipinski definition) is 5. The number of sulfone groups is 1. The largest absolute Gasteiger partial charge is 0.354 e. The predicted octanol–water partition coefficient (Wildman–Crippen LogP) is 0.474. The maximum atomic E-state index is 11.2. The normalized spacial score (nSPS) is 20.2. The van der Waals surface area contributed by atoms with E-state index in [-0.39, 0.29) is 11.5 Å². The third-order valence-electron chi connectivity index (χ3n) is 2.29. The third-order valence-corrected chi connectivity index (χ3v) is 4.46. The molecule has 0 radical (unpaired) electrons. The number of aromatic nitrogens is 2. The zero-order chi connectivity index (χ0) is 10.9. The Hall–Kier alpha value is -0.690. The highest BCUT2D eigenvalue weighted by atomic mass is 79.9. The van der Waals surface area contributed by atoms with Crippen LogP contribution < -0.4 is 4.90 Å². The average molecular weight is 292 g/mol. The van der Waals surface area contributed by atoms with E-state index in [1.165, 1.54) is 6.33 Å². The molecule has 0 N–H and O–H groups in total. The number of nitrogens with zero attached hydrogens (tertiary/aromatic N) is 3. The van der Waals surface area contributed by atoms with Gasteiger partial charge in [-0.3, -0.25) is 0 Å². The van der Waals surface area contributed by atoms with E-state index in [9.17, 15) is 8.42 Å². The minimum atomic E-state index is -2.84. The molecule has 0 aliphatic carbocycles. The molecule has 0 unspecified atom stereocenters. The average Bonchev–Trinajstić information content (AvgIpc) is 2.19. The zero-order valence-electron chi connectivity index (χ0n) is 7.93. The van der Waals surface area contributed by atoms with E-state index in [2.05, 4.69) is 25.9 Å². The number of hydrogen-bond donors (Lipinski definition) is 0. The topological polar surface area (TPSA) is 63.2 Å². The minimum Gasteiger partial charge on any atom is -0.354 e. The Morgan fingerprint density at radius 3 is 2.60 bits per heavy atom. The fourth-order valence-corrected chi connectivity index (χ4v) is 3.14. The summed E-state index contributed by atoms with van der Waals surface area (Å²) < 4.78 is 23.3. The summed E-state index contributed by atoms with van der Waals surface area (Å²) in [7, 11) is -2.84. The number of rotatable bonds is 1. The molecule has 1 aromatic heterocycles. The summed E-state index contributed by atoms with van der Waals surface area (Å²) in [4.78, 5) is 9.94. The van der Waals surface area contributed by atoms with Gasteiger partial charge in [0.15, 0.2) is 9.84 Å². The van der Waals surface area contributed by atoms with Crippen LogP contribution in [0.5, 0.6) is 0 Å². The molecule has 0 saturated carbocycles. The molecule has 82 valence electrons. The molecule has 1 saturated heterocycles. The summed E-state index contributed by atoms with van der Waals surface area (Å²) in [5.74, 6) is 1.16. The quantitative estimate of drug-likeness (QED) is 0.753. The minimum absolute atomic E-state index is 0.198. The lowest BCUT2D eigenvalue weighted by molar-refractivity contribution is 0.586. The lowest BCUT2D eigenvalue weighted by Crippen LogP contribution is -2.40. The molecule has 2 rings (SSSR count). The van der Waals surface area contributed by atoms with Crippen LogP contribution in [-0.4, -0.2) is 43.0 Å². The molecule has 0 atom stereocenters. The molecule has 0 aromatic carbocycles. The number of anilines is 1. The van der Waals surface area contributed by atoms with Crippen LogP contribution in [0.15, 0.2) is 17.0 Å². The molecule has 2 heterocycles. The van der Waals surface area contributed by atoms with Crippen molar-refractivity contribution in [3.63, 3.8) is 0 Å². The second kappa shape index (κ2) is 4.05. The van der Waals surface area contributed by atoms with Crippen molar-refractivity contribution in [2.24, 2.45) is 0 Å². The maximum absolute atomic E-state index is 11.2. The van der Waals surface area contributed by atoms with Gasteiger partial charge in [-0.05, 0) is 15.9 Å². The van der Waals surface area contributed by atoms with Crippen molar-refractivity contribution >= 4 is 31.6 Å². The van der Waals surface area contributed by atoms with Crippen LogP contribution in [0, 0.1) is 0 Å². The molecule has 0 bridgehead atoms. The van der Waals surface area contributed by atoms with E-state index in [4.69, 9.17) is 0 Å². The third kappa shape index (κ3) is 2.46. The molecule has 1 aliphatic rings. The molecule has 0 spiro atoms. The van der Waals surface area contributed by atoms with E-state index < -0.39 is 9.84 Å². The zero-order valence-corrected chi connectivity index (χ0v) is 10.3. The van der Waals surface area contributed by atoms with Gasteiger partial charge in [-0.15, -0.1) is 0 Å². The first-order valence-corrected chi connectivity index (χ1v) is 7.11. The van der Waals surface area contributed by atoms with Crippen LogP contribution in [0.1, 0.15) is 0 Å². The first-order chi connectivity index (χ1) is 7.08. The highest BCUT2D eigenvalue weighted by molar-refractivity contribution is 9.10. The SMILES string of the molecule is O=S1(=O)CCN(c2ncncc2Br)CC1. The van der Waals surface area contributed by atoms with Crippen molar-refractivity contribution in [3.05, 3.63) is 17.0 Å². The molecule has 0 amide bonds. The first kappa shape index (κ1) is 10.8. The number of halogens is 1. The second-order valence-corrected chi connectivity index (χ2v) is 6.49. The van der Waals surface area contributed by atoms with Gasteiger partial charge >= 0.3 is 0 Å². The Balaban J connectivity index is 2.18. The smallest absolute Gasteiger partial charge is 0.153 e. The van der Waals surface area contributed by atoms with Gasteiger partial charge in [-0.1, -0.05) is 0 Å². The molecule has 1 fully saturated rings. The predicted molar refractivity (Wildman–Crippen MR) is 60.6 cm³/mol. The summed E-state index contributed by atoms with van der Waals surface area (Å²) >= 11 is 3.34. The van der Waals surface area contributed by atoms with Gasteiger partial charge < -0.3 is 4.90 Å². The van der Waals surface area contributed by atoms with Gasteiger partial charge in [-0.25, -0.2) is 18.4 Å². The molecule has 15 heavy (non-hydrogen) atoms. The molecular weight excluding hydrogens is 282 g/mol. The van der Waals surface area contributed by atoms with E-state index in [1.54, 1.807) is 6.20 Å². The van der Waals surface area contributed by atoms with Crippen molar-refractivity contribution in [1.29, 1.82) is 0 Å². The van der Waals surface area contributed by atoms with Crippen molar-refractivity contribution in [3.8, 4) is 0 Å². The van der Waals surface area contributed by atoms with Gasteiger partial charge in [0.1, 0.15) is 12.1 Å². The maximum Gasteiger partial charge on any atom is 0.153 e. The van der Waals surface area contributed by atoms with Crippen molar-refractivity contribution in [2.75, 3.05) is 29.5 Å². The highest BCUT2D eigenvalue weighted by Gasteiger charge is 2.23.